The fourth-order valence-electron chi connectivity index (χ4n) is 1.88. The molecule has 0 aliphatic carbocycles. The second-order valence-electron chi connectivity index (χ2n) is 4.84. The van der Waals surface area contributed by atoms with Gasteiger partial charge in [-0.15, -0.1) is 0 Å². The topological polar surface area (TPSA) is 41.6 Å². The van der Waals surface area contributed by atoms with Crippen molar-refractivity contribution in [3.8, 4) is 0 Å². The fourth-order valence-corrected chi connectivity index (χ4v) is 1.88. The number of rotatable bonds is 8. The lowest BCUT2D eigenvalue weighted by molar-refractivity contribution is 0.0599. The summed E-state index contributed by atoms with van der Waals surface area (Å²) in [5.74, 6) is -0.273. The molecule has 0 unspecified atom stereocenters. The number of hydrogen-bond donors (Lipinski definition) is 1. The zero-order valence-corrected chi connectivity index (χ0v) is 12.1. The number of nitrogens with one attached hydrogen (secondary N) is 1. The Labute approximate surface area is 115 Å². The van der Waals surface area contributed by atoms with Gasteiger partial charge in [-0.25, -0.2) is 4.79 Å². The molecule has 0 aromatic heterocycles. The van der Waals surface area contributed by atoms with E-state index in [9.17, 15) is 4.79 Å². The smallest absolute Gasteiger partial charge is 0.338 e. The van der Waals surface area contributed by atoms with Crippen molar-refractivity contribution in [3.05, 3.63) is 35.4 Å². The Bertz CT molecular complexity index is 391. The second-order valence-corrected chi connectivity index (χ2v) is 4.84. The molecule has 0 saturated carbocycles. The van der Waals surface area contributed by atoms with Gasteiger partial charge in [0.2, 0.25) is 0 Å². The SMILES string of the molecule is COC(=O)c1ccccc1CNCCCCN(C)C. The van der Waals surface area contributed by atoms with Crippen molar-refractivity contribution in [1.29, 1.82) is 0 Å². The quantitative estimate of drug-likeness (QED) is 0.575. The Morgan fingerprint density at radius 1 is 1.26 bits per heavy atom. The van der Waals surface area contributed by atoms with E-state index >= 15 is 0 Å². The van der Waals surface area contributed by atoms with Crippen molar-refractivity contribution in [2.45, 2.75) is 19.4 Å². The molecule has 0 aliphatic rings. The maximum atomic E-state index is 11.6. The van der Waals surface area contributed by atoms with Gasteiger partial charge in [-0.05, 0) is 51.7 Å². The van der Waals surface area contributed by atoms with Crippen LogP contribution in [0, 0.1) is 0 Å². The van der Waals surface area contributed by atoms with Crippen molar-refractivity contribution in [1.82, 2.24) is 10.2 Å². The molecule has 19 heavy (non-hydrogen) atoms. The Hall–Kier alpha value is -1.39. The summed E-state index contributed by atoms with van der Waals surface area (Å²) in [5, 5.41) is 3.37. The van der Waals surface area contributed by atoms with E-state index in [1.165, 1.54) is 13.5 Å². The van der Waals surface area contributed by atoms with Gasteiger partial charge in [0.1, 0.15) is 0 Å². The van der Waals surface area contributed by atoms with E-state index < -0.39 is 0 Å². The third kappa shape index (κ3) is 5.85. The predicted octanol–water partition coefficient (Wildman–Crippen LogP) is 1.90. The first-order chi connectivity index (χ1) is 9.15. The van der Waals surface area contributed by atoms with E-state index in [1.807, 2.05) is 18.2 Å². The summed E-state index contributed by atoms with van der Waals surface area (Å²) in [7, 11) is 5.58. The van der Waals surface area contributed by atoms with Gasteiger partial charge in [0.15, 0.2) is 0 Å². The molecule has 0 aliphatic heterocycles. The summed E-state index contributed by atoms with van der Waals surface area (Å²) in [5.41, 5.74) is 1.63. The van der Waals surface area contributed by atoms with Gasteiger partial charge in [-0.3, -0.25) is 0 Å². The van der Waals surface area contributed by atoms with Crippen LogP contribution >= 0.6 is 0 Å². The summed E-state index contributed by atoms with van der Waals surface area (Å²) in [6.45, 7) is 2.77. The number of nitrogens with zero attached hydrogens (tertiary/aromatic N) is 1. The zero-order valence-electron chi connectivity index (χ0n) is 12.1. The van der Waals surface area contributed by atoms with Crippen molar-refractivity contribution in [3.63, 3.8) is 0 Å². The number of ether oxygens (including phenoxy) is 1. The van der Waals surface area contributed by atoms with Crippen LogP contribution in [0.4, 0.5) is 0 Å². The molecular formula is C15H24N2O2. The average Bonchev–Trinajstić information content (AvgIpc) is 2.42. The monoisotopic (exact) mass is 264 g/mol. The van der Waals surface area contributed by atoms with Gasteiger partial charge in [-0.2, -0.15) is 0 Å². The molecule has 0 fully saturated rings. The van der Waals surface area contributed by atoms with E-state index in [4.69, 9.17) is 4.74 Å². The molecule has 1 N–H and O–H groups in total. The Morgan fingerprint density at radius 3 is 2.68 bits per heavy atom. The normalized spacial score (nSPS) is 10.7. The second kappa shape index (κ2) is 8.67. The van der Waals surface area contributed by atoms with Gasteiger partial charge >= 0.3 is 5.97 Å². The molecule has 0 radical (unpaired) electrons. The van der Waals surface area contributed by atoms with Crippen LogP contribution in [0.1, 0.15) is 28.8 Å². The highest BCUT2D eigenvalue weighted by Gasteiger charge is 2.09. The van der Waals surface area contributed by atoms with Crippen LogP contribution in [-0.2, 0) is 11.3 Å². The lowest BCUT2D eigenvalue weighted by atomic mass is 10.1. The van der Waals surface area contributed by atoms with Crippen LogP contribution in [0.2, 0.25) is 0 Å². The van der Waals surface area contributed by atoms with Crippen LogP contribution in [0.15, 0.2) is 24.3 Å². The lowest BCUT2D eigenvalue weighted by Gasteiger charge is -2.11. The molecule has 106 valence electrons. The van der Waals surface area contributed by atoms with Crippen molar-refractivity contribution in [2.24, 2.45) is 0 Å². The van der Waals surface area contributed by atoms with Crippen LogP contribution in [0.3, 0.4) is 0 Å². The summed E-state index contributed by atoms with van der Waals surface area (Å²) >= 11 is 0. The Kier molecular flexibility index (Phi) is 7.15. The van der Waals surface area contributed by atoms with E-state index in [0.717, 1.165) is 25.1 Å². The van der Waals surface area contributed by atoms with Crippen molar-refractivity contribution < 1.29 is 9.53 Å². The minimum Gasteiger partial charge on any atom is -0.465 e. The third-order valence-electron chi connectivity index (χ3n) is 2.95. The van der Waals surface area contributed by atoms with Crippen LogP contribution in [0.5, 0.6) is 0 Å². The highest BCUT2D eigenvalue weighted by atomic mass is 16.5. The molecule has 0 saturated heterocycles. The van der Waals surface area contributed by atoms with Gasteiger partial charge in [0.05, 0.1) is 12.7 Å². The van der Waals surface area contributed by atoms with Gasteiger partial charge < -0.3 is 15.0 Å². The van der Waals surface area contributed by atoms with E-state index in [0.29, 0.717) is 12.1 Å². The summed E-state index contributed by atoms with van der Waals surface area (Å²) in [6.07, 6.45) is 2.32. The molecule has 4 nitrogen and oxygen atoms in total. The minimum atomic E-state index is -0.273. The maximum absolute atomic E-state index is 11.6. The zero-order chi connectivity index (χ0) is 14.1. The number of unbranched alkanes of at least 4 members (excludes halogenated alkanes) is 1. The van der Waals surface area contributed by atoms with Crippen molar-refractivity contribution >= 4 is 5.97 Å². The largest absolute Gasteiger partial charge is 0.465 e. The number of methoxy groups -OCH3 is 1. The van der Waals surface area contributed by atoms with Crippen LogP contribution in [-0.4, -0.2) is 45.2 Å². The molecule has 0 amide bonds. The van der Waals surface area contributed by atoms with Gasteiger partial charge in [0.25, 0.3) is 0 Å². The summed E-state index contributed by atoms with van der Waals surface area (Å²) in [4.78, 5) is 13.8. The molecule has 0 heterocycles. The Balaban J connectivity index is 2.35. The van der Waals surface area contributed by atoms with Crippen molar-refractivity contribution in [2.75, 3.05) is 34.3 Å². The van der Waals surface area contributed by atoms with E-state index in [1.54, 1.807) is 6.07 Å². The molecule has 0 spiro atoms. The number of carbonyl (C=O) groups is 1. The predicted molar refractivity (Wildman–Crippen MR) is 77.3 cm³/mol. The molecular weight excluding hydrogens is 240 g/mol. The lowest BCUT2D eigenvalue weighted by Crippen LogP contribution is -2.19. The van der Waals surface area contributed by atoms with Crippen LogP contribution < -0.4 is 5.32 Å². The Morgan fingerprint density at radius 2 is 2.00 bits per heavy atom. The fraction of sp³-hybridized carbons (Fsp3) is 0.533. The van der Waals surface area contributed by atoms with Crippen LogP contribution in [0.25, 0.3) is 0 Å². The minimum absolute atomic E-state index is 0.273. The first kappa shape index (κ1) is 15.7. The molecule has 1 rings (SSSR count). The standard InChI is InChI=1S/C15H24N2O2/c1-17(2)11-7-6-10-16-12-13-8-4-5-9-14(13)15(18)19-3/h4-5,8-9,16H,6-7,10-12H2,1-3H3. The highest BCUT2D eigenvalue weighted by molar-refractivity contribution is 5.90. The molecule has 1 aromatic rings. The first-order valence-corrected chi connectivity index (χ1v) is 6.67. The molecule has 0 atom stereocenters. The number of hydrogen-bond acceptors (Lipinski definition) is 4. The molecule has 0 bridgehead atoms. The summed E-state index contributed by atoms with van der Waals surface area (Å²) < 4.78 is 4.78. The first-order valence-electron chi connectivity index (χ1n) is 6.67. The number of esters is 1. The molecule has 1 aromatic carbocycles. The average molecular weight is 264 g/mol. The third-order valence-corrected chi connectivity index (χ3v) is 2.95. The van der Waals surface area contributed by atoms with E-state index in [2.05, 4.69) is 24.3 Å². The number of carbonyl (C=O) groups excluding carboxylic acids is 1. The maximum Gasteiger partial charge on any atom is 0.338 e. The summed E-state index contributed by atoms with van der Waals surface area (Å²) in [6, 6.07) is 7.55. The van der Waals surface area contributed by atoms with Gasteiger partial charge in [0, 0.05) is 6.54 Å². The van der Waals surface area contributed by atoms with Gasteiger partial charge in [-0.1, -0.05) is 18.2 Å². The van der Waals surface area contributed by atoms with E-state index in [-0.39, 0.29) is 5.97 Å². The number of benzene rings is 1. The highest BCUT2D eigenvalue weighted by Crippen LogP contribution is 2.09. The molecule has 4 heteroatoms.